The van der Waals surface area contributed by atoms with E-state index in [1.54, 1.807) is 36.4 Å². The van der Waals surface area contributed by atoms with Crippen LogP contribution in [0.3, 0.4) is 0 Å². The maximum Gasteiger partial charge on any atom is 0.255 e. The third-order valence-corrected chi connectivity index (χ3v) is 6.49. The number of carbonyl (C=O) groups excluding carboxylic acids is 2. The van der Waals surface area contributed by atoms with Crippen molar-refractivity contribution < 1.29 is 18.0 Å². The van der Waals surface area contributed by atoms with Crippen LogP contribution in [0, 0.1) is 0 Å². The van der Waals surface area contributed by atoms with Gasteiger partial charge >= 0.3 is 0 Å². The molecule has 0 heterocycles. The van der Waals surface area contributed by atoms with Crippen molar-refractivity contribution >= 4 is 33.2 Å². The Balaban J connectivity index is 2.11. The lowest BCUT2D eigenvalue weighted by Gasteiger charge is -2.21. The summed E-state index contributed by atoms with van der Waals surface area (Å²) in [6.45, 7) is 6.76. The highest BCUT2D eigenvalue weighted by Crippen LogP contribution is 2.20. The van der Waals surface area contributed by atoms with Crippen LogP contribution >= 0.6 is 0 Å². The summed E-state index contributed by atoms with van der Waals surface area (Å²) < 4.78 is 27.2. The van der Waals surface area contributed by atoms with Crippen LogP contribution in [0.2, 0.25) is 0 Å². The molecule has 0 saturated heterocycles. The summed E-state index contributed by atoms with van der Waals surface area (Å²) in [6, 6.07) is 12.8. The lowest BCUT2D eigenvalue weighted by atomic mass is 10.1. The Morgan fingerprint density at radius 3 is 2.06 bits per heavy atom. The highest BCUT2D eigenvalue weighted by Gasteiger charge is 2.23. The standard InChI is InChI=1S/C23H31N3O4S/c1-4-8-22(27)24-20-10-7-9-18(17-20)23(28)25-19-11-13-21(14-12-19)31(29,30)26(15-5-2)16-6-3/h7,9-14,17H,4-6,8,15-16H2,1-3H3,(H,24,27)(H,25,28). The maximum absolute atomic E-state index is 12.8. The fourth-order valence-electron chi connectivity index (χ4n) is 3.10. The normalized spacial score (nSPS) is 11.4. The zero-order valence-corrected chi connectivity index (χ0v) is 19.2. The van der Waals surface area contributed by atoms with Gasteiger partial charge in [-0.15, -0.1) is 0 Å². The summed E-state index contributed by atoms with van der Waals surface area (Å²) in [4.78, 5) is 24.6. The number of anilines is 2. The van der Waals surface area contributed by atoms with Gasteiger partial charge in [-0.3, -0.25) is 9.59 Å². The molecule has 31 heavy (non-hydrogen) atoms. The molecular formula is C23H31N3O4S. The van der Waals surface area contributed by atoms with E-state index in [9.17, 15) is 18.0 Å². The van der Waals surface area contributed by atoms with Crippen molar-refractivity contribution in [2.45, 2.75) is 51.3 Å². The van der Waals surface area contributed by atoms with Crippen LogP contribution in [-0.4, -0.2) is 37.6 Å². The molecule has 2 aromatic carbocycles. The highest BCUT2D eigenvalue weighted by atomic mass is 32.2. The predicted molar refractivity (Wildman–Crippen MR) is 124 cm³/mol. The van der Waals surface area contributed by atoms with Crippen molar-refractivity contribution in [2.75, 3.05) is 23.7 Å². The van der Waals surface area contributed by atoms with E-state index in [2.05, 4.69) is 10.6 Å². The van der Waals surface area contributed by atoms with Gasteiger partial charge in [0.25, 0.3) is 5.91 Å². The van der Waals surface area contributed by atoms with E-state index < -0.39 is 10.0 Å². The molecule has 7 nitrogen and oxygen atoms in total. The van der Waals surface area contributed by atoms with Crippen LogP contribution < -0.4 is 10.6 Å². The second kappa shape index (κ2) is 11.6. The van der Waals surface area contributed by atoms with Gasteiger partial charge in [0.2, 0.25) is 15.9 Å². The summed E-state index contributed by atoms with van der Waals surface area (Å²) in [7, 11) is -3.56. The van der Waals surface area contributed by atoms with Crippen LogP contribution in [0.1, 0.15) is 56.8 Å². The van der Waals surface area contributed by atoms with E-state index in [1.807, 2.05) is 20.8 Å². The van der Waals surface area contributed by atoms with E-state index >= 15 is 0 Å². The third-order valence-electron chi connectivity index (χ3n) is 4.58. The first kappa shape index (κ1) is 24.6. The average Bonchev–Trinajstić information content (AvgIpc) is 2.74. The number of benzene rings is 2. The van der Waals surface area contributed by atoms with Crippen LogP contribution in [0.25, 0.3) is 0 Å². The molecule has 2 aromatic rings. The minimum Gasteiger partial charge on any atom is -0.326 e. The van der Waals surface area contributed by atoms with Gasteiger partial charge in [0.15, 0.2) is 0 Å². The van der Waals surface area contributed by atoms with Gasteiger partial charge in [-0.2, -0.15) is 4.31 Å². The van der Waals surface area contributed by atoms with Crippen molar-refractivity contribution in [2.24, 2.45) is 0 Å². The largest absolute Gasteiger partial charge is 0.326 e. The SMILES string of the molecule is CCCC(=O)Nc1cccc(C(=O)Nc2ccc(S(=O)(=O)N(CCC)CCC)cc2)c1. The Labute approximate surface area is 184 Å². The Morgan fingerprint density at radius 1 is 0.839 bits per heavy atom. The zero-order valence-electron chi connectivity index (χ0n) is 18.3. The summed E-state index contributed by atoms with van der Waals surface area (Å²) in [5.74, 6) is -0.446. The second-order valence-electron chi connectivity index (χ2n) is 7.26. The van der Waals surface area contributed by atoms with Gasteiger partial charge in [0.05, 0.1) is 4.90 Å². The van der Waals surface area contributed by atoms with E-state index in [4.69, 9.17) is 0 Å². The second-order valence-corrected chi connectivity index (χ2v) is 9.20. The van der Waals surface area contributed by atoms with Crippen LogP contribution in [0.4, 0.5) is 11.4 Å². The fraction of sp³-hybridized carbons (Fsp3) is 0.391. The van der Waals surface area contributed by atoms with Crippen LogP contribution in [0.15, 0.2) is 53.4 Å². The van der Waals surface area contributed by atoms with E-state index in [-0.39, 0.29) is 16.7 Å². The first-order valence-corrected chi connectivity index (χ1v) is 12.1. The van der Waals surface area contributed by atoms with Gasteiger partial charge in [-0.25, -0.2) is 8.42 Å². The van der Waals surface area contributed by atoms with Crippen molar-refractivity contribution in [3.63, 3.8) is 0 Å². The lowest BCUT2D eigenvalue weighted by Crippen LogP contribution is -2.32. The molecule has 0 aliphatic heterocycles. The molecule has 0 aliphatic rings. The molecule has 0 aromatic heterocycles. The molecule has 2 rings (SSSR count). The molecule has 0 unspecified atom stereocenters. The molecule has 0 saturated carbocycles. The van der Waals surface area contributed by atoms with Crippen molar-refractivity contribution in [1.29, 1.82) is 0 Å². The number of hydrogen-bond donors (Lipinski definition) is 2. The number of sulfonamides is 1. The molecular weight excluding hydrogens is 414 g/mol. The molecule has 0 atom stereocenters. The number of amides is 2. The first-order valence-electron chi connectivity index (χ1n) is 10.6. The van der Waals surface area contributed by atoms with Gasteiger partial charge in [-0.05, 0) is 61.7 Å². The van der Waals surface area contributed by atoms with Gasteiger partial charge in [0.1, 0.15) is 0 Å². The van der Waals surface area contributed by atoms with Crippen molar-refractivity contribution in [1.82, 2.24) is 4.31 Å². The predicted octanol–water partition coefficient (Wildman–Crippen LogP) is 4.49. The quantitative estimate of drug-likeness (QED) is 0.533. The zero-order chi connectivity index (χ0) is 22.9. The Kier molecular flexibility index (Phi) is 9.21. The molecule has 0 bridgehead atoms. The fourth-order valence-corrected chi connectivity index (χ4v) is 4.73. The van der Waals surface area contributed by atoms with Gasteiger partial charge < -0.3 is 10.6 Å². The Hall–Kier alpha value is -2.71. The molecule has 0 radical (unpaired) electrons. The molecule has 0 spiro atoms. The van der Waals surface area contributed by atoms with Crippen LogP contribution in [0.5, 0.6) is 0 Å². The summed E-state index contributed by atoms with van der Waals surface area (Å²) >= 11 is 0. The van der Waals surface area contributed by atoms with Crippen molar-refractivity contribution in [3.8, 4) is 0 Å². The summed E-state index contributed by atoms with van der Waals surface area (Å²) in [6.07, 6.45) is 2.64. The number of hydrogen-bond acceptors (Lipinski definition) is 4. The van der Waals surface area contributed by atoms with Gasteiger partial charge in [-0.1, -0.05) is 26.8 Å². The first-order chi connectivity index (χ1) is 14.8. The third kappa shape index (κ3) is 6.90. The molecule has 2 N–H and O–H groups in total. The Bertz CT molecular complexity index is 982. The highest BCUT2D eigenvalue weighted by molar-refractivity contribution is 7.89. The van der Waals surface area contributed by atoms with E-state index in [1.165, 1.54) is 16.4 Å². The summed E-state index contributed by atoms with van der Waals surface area (Å²) in [5, 5.41) is 5.53. The number of carbonyl (C=O) groups is 2. The number of nitrogens with zero attached hydrogens (tertiary/aromatic N) is 1. The monoisotopic (exact) mass is 445 g/mol. The molecule has 168 valence electrons. The Morgan fingerprint density at radius 2 is 1.48 bits per heavy atom. The topological polar surface area (TPSA) is 95.6 Å². The molecule has 0 fully saturated rings. The molecule has 8 heteroatoms. The molecule has 2 amide bonds. The smallest absolute Gasteiger partial charge is 0.255 e. The van der Waals surface area contributed by atoms with Crippen molar-refractivity contribution in [3.05, 3.63) is 54.1 Å². The molecule has 0 aliphatic carbocycles. The number of rotatable bonds is 11. The minimum absolute atomic E-state index is 0.1000. The van der Waals surface area contributed by atoms with E-state index in [0.717, 1.165) is 19.3 Å². The number of nitrogens with one attached hydrogen (secondary N) is 2. The average molecular weight is 446 g/mol. The minimum atomic E-state index is -3.56. The lowest BCUT2D eigenvalue weighted by molar-refractivity contribution is -0.116. The van der Waals surface area contributed by atoms with Crippen LogP contribution in [-0.2, 0) is 14.8 Å². The maximum atomic E-state index is 12.8. The van der Waals surface area contributed by atoms with Gasteiger partial charge in [0, 0.05) is 36.4 Å². The summed E-state index contributed by atoms with van der Waals surface area (Å²) in [5.41, 5.74) is 1.43. The van der Waals surface area contributed by atoms with E-state index in [0.29, 0.717) is 36.4 Å².